The predicted molar refractivity (Wildman–Crippen MR) is 71.6 cm³/mol. The molecule has 1 aliphatic rings. The molecule has 1 aromatic carbocycles. The number of benzene rings is 1. The molecule has 0 spiro atoms. The second kappa shape index (κ2) is 5.51. The van der Waals surface area contributed by atoms with E-state index in [1.54, 1.807) is 18.2 Å². The first-order valence-electron chi connectivity index (χ1n) is 5.62. The van der Waals surface area contributed by atoms with E-state index >= 15 is 0 Å². The van der Waals surface area contributed by atoms with Crippen molar-refractivity contribution in [3.8, 4) is 0 Å². The first-order valence-corrected chi connectivity index (χ1v) is 6.79. The molecule has 0 aliphatic heterocycles. The van der Waals surface area contributed by atoms with Crippen LogP contribution in [0.15, 0.2) is 22.7 Å². The van der Waals surface area contributed by atoms with Crippen LogP contribution in [0.1, 0.15) is 31.2 Å². The smallest absolute Gasteiger partial charge is 0.150 e. The summed E-state index contributed by atoms with van der Waals surface area (Å²) in [7, 11) is 0. The Kier molecular flexibility index (Phi) is 4.23. The van der Waals surface area contributed by atoms with E-state index in [4.69, 9.17) is 11.6 Å². The maximum absolute atomic E-state index is 14.0. The first kappa shape index (κ1) is 13.1. The Bertz CT molecular complexity index is 459. The Balaban J connectivity index is 2.42. The van der Waals surface area contributed by atoms with Crippen LogP contribution >= 0.6 is 27.5 Å². The molecule has 1 nitrogen and oxygen atoms in total. The zero-order valence-electron chi connectivity index (χ0n) is 9.22. The minimum absolute atomic E-state index is 0.0992. The lowest BCUT2D eigenvalue weighted by Gasteiger charge is -2.10. The zero-order chi connectivity index (χ0) is 12.4. The van der Waals surface area contributed by atoms with Crippen molar-refractivity contribution in [3.05, 3.63) is 39.1 Å². The highest BCUT2D eigenvalue weighted by molar-refractivity contribution is 9.10. The SMILES string of the molecule is OC1C=C(c2ccc(Br)c(Cl)c2F)CCCC1. The summed E-state index contributed by atoms with van der Waals surface area (Å²) in [6, 6.07) is 3.44. The average molecular weight is 320 g/mol. The van der Waals surface area contributed by atoms with Crippen LogP contribution in [-0.4, -0.2) is 11.2 Å². The number of hydrogen-bond acceptors (Lipinski definition) is 1. The topological polar surface area (TPSA) is 20.2 Å². The van der Waals surface area contributed by atoms with Crippen LogP contribution in [0.3, 0.4) is 0 Å². The van der Waals surface area contributed by atoms with Gasteiger partial charge >= 0.3 is 0 Å². The van der Waals surface area contributed by atoms with E-state index in [0.717, 1.165) is 31.3 Å². The average Bonchev–Trinajstić information content (AvgIpc) is 2.51. The lowest BCUT2D eigenvalue weighted by atomic mass is 10.0. The molecule has 0 heterocycles. The van der Waals surface area contributed by atoms with Gasteiger partial charge in [0.2, 0.25) is 0 Å². The molecule has 0 fully saturated rings. The van der Waals surface area contributed by atoms with Gasteiger partial charge in [0, 0.05) is 10.0 Å². The van der Waals surface area contributed by atoms with Crippen LogP contribution in [0.4, 0.5) is 4.39 Å². The number of halogens is 3. The summed E-state index contributed by atoms with van der Waals surface area (Å²) in [6.45, 7) is 0. The third-order valence-corrected chi connectivity index (χ3v) is 4.23. The van der Waals surface area contributed by atoms with E-state index in [9.17, 15) is 9.50 Å². The number of rotatable bonds is 1. The molecule has 0 saturated heterocycles. The molecule has 0 saturated carbocycles. The lowest BCUT2D eigenvalue weighted by molar-refractivity contribution is 0.211. The fourth-order valence-corrected chi connectivity index (χ4v) is 2.54. The molecule has 1 atom stereocenters. The van der Waals surface area contributed by atoms with Crippen LogP contribution in [0.25, 0.3) is 5.57 Å². The van der Waals surface area contributed by atoms with E-state index in [1.807, 2.05) is 0 Å². The molecule has 92 valence electrons. The molecule has 1 aliphatic carbocycles. The van der Waals surface area contributed by atoms with Gasteiger partial charge in [0.05, 0.1) is 11.1 Å². The van der Waals surface area contributed by atoms with Gasteiger partial charge < -0.3 is 5.11 Å². The minimum atomic E-state index is -0.477. The van der Waals surface area contributed by atoms with E-state index in [-0.39, 0.29) is 5.02 Å². The molecule has 4 heteroatoms. The molecule has 1 unspecified atom stereocenters. The molecular weight excluding hydrogens is 306 g/mol. The highest BCUT2D eigenvalue weighted by Crippen LogP contribution is 2.34. The van der Waals surface area contributed by atoms with Gasteiger partial charge in [0.25, 0.3) is 0 Å². The van der Waals surface area contributed by atoms with Crippen molar-refractivity contribution >= 4 is 33.1 Å². The molecule has 17 heavy (non-hydrogen) atoms. The monoisotopic (exact) mass is 318 g/mol. The summed E-state index contributed by atoms with van der Waals surface area (Å²) in [5, 5.41) is 9.79. The number of hydrogen-bond donors (Lipinski definition) is 1. The number of allylic oxidation sites excluding steroid dienone is 1. The van der Waals surface area contributed by atoms with Gasteiger partial charge in [0.15, 0.2) is 0 Å². The molecule has 1 N–H and O–H groups in total. The highest BCUT2D eigenvalue weighted by atomic mass is 79.9. The molecular formula is C13H13BrClFO. The van der Waals surface area contributed by atoms with Crippen LogP contribution in [-0.2, 0) is 0 Å². The van der Waals surface area contributed by atoms with E-state index in [0.29, 0.717) is 10.0 Å². The van der Waals surface area contributed by atoms with Crippen LogP contribution in [0.2, 0.25) is 5.02 Å². The van der Waals surface area contributed by atoms with Crippen LogP contribution in [0.5, 0.6) is 0 Å². The van der Waals surface area contributed by atoms with Crippen molar-refractivity contribution < 1.29 is 9.50 Å². The molecule has 0 radical (unpaired) electrons. The summed E-state index contributed by atoms with van der Waals surface area (Å²) < 4.78 is 14.6. The Hall–Kier alpha value is -0.380. The number of aliphatic hydroxyl groups excluding tert-OH is 1. The van der Waals surface area contributed by atoms with Gasteiger partial charge in [-0.2, -0.15) is 0 Å². The van der Waals surface area contributed by atoms with Crippen LogP contribution < -0.4 is 0 Å². The second-order valence-electron chi connectivity index (χ2n) is 4.23. The third-order valence-electron chi connectivity index (χ3n) is 2.97. The fourth-order valence-electron chi connectivity index (χ4n) is 2.07. The van der Waals surface area contributed by atoms with Crippen molar-refractivity contribution in [2.24, 2.45) is 0 Å². The maximum atomic E-state index is 14.0. The highest BCUT2D eigenvalue weighted by Gasteiger charge is 2.16. The molecule has 0 bridgehead atoms. The van der Waals surface area contributed by atoms with Crippen molar-refractivity contribution in [3.63, 3.8) is 0 Å². The first-order chi connectivity index (χ1) is 8.09. The van der Waals surface area contributed by atoms with Crippen LogP contribution in [0, 0.1) is 5.82 Å². The second-order valence-corrected chi connectivity index (χ2v) is 5.46. The summed E-state index contributed by atoms with van der Waals surface area (Å²) in [5.41, 5.74) is 1.35. The quantitative estimate of drug-likeness (QED) is 0.752. The largest absolute Gasteiger partial charge is 0.389 e. The van der Waals surface area contributed by atoms with Gasteiger partial charge in [-0.1, -0.05) is 30.2 Å². The van der Waals surface area contributed by atoms with Crippen molar-refractivity contribution in [1.29, 1.82) is 0 Å². The van der Waals surface area contributed by atoms with E-state index < -0.39 is 11.9 Å². The molecule has 1 aromatic rings. The molecule has 0 aromatic heterocycles. The molecule has 0 amide bonds. The Morgan fingerprint density at radius 2 is 2.12 bits per heavy atom. The zero-order valence-corrected chi connectivity index (χ0v) is 11.6. The Labute approximate surface area is 113 Å². The summed E-state index contributed by atoms with van der Waals surface area (Å²) in [4.78, 5) is 0. The maximum Gasteiger partial charge on any atom is 0.150 e. The predicted octanol–water partition coefficient (Wildman–Crippen LogP) is 4.56. The van der Waals surface area contributed by atoms with Gasteiger partial charge in [-0.3, -0.25) is 0 Å². The van der Waals surface area contributed by atoms with Gasteiger partial charge in [0.1, 0.15) is 5.82 Å². The molecule has 2 rings (SSSR count). The number of aliphatic hydroxyl groups is 1. The Morgan fingerprint density at radius 3 is 2.88 bits per heavy atom. The van der Waals surface area contributed by atoms with E-state index in [1.165, 1.54) is 0 Å². The van der Waals surface area contributed by atoms with Crippen molar-refractivity contribution in [2.75, 3.05) is 0 Å². The van der Waals surface area contributed by atoms with Gasteiger partial charge in [-0.15, -0.1) is 0 Å². The fraction of sp³-hybridized carbons (Fsp3) is 0.385. The van der Waals surface area contributed by atoms with Gasteiger partial charge in [-0.05, 0) is 46.8 Å². The normalized spacial score (nSPS) is 20.9. The third kappa shape index (κ3) is 2.90. The summed E-state index contributed by atoms with van der Waals surface area (Å²) in [5.74, 6) is -0.415. The Morgan fingerprint density at radius 1 is 1.35 bits per heavy atom. The minimum Gasteiger partial charge on any atom is -0.389 e. The van der Waals surface area contributed by atoms with Crippen molar-refractivity contribution in [2.45, 2.75) is 31.8 Å². The summed E-state index contributed by atoms with van der Waals surface area (Å²) in [6.07, 6.45) is 4.73. The summed E-state index contributed by atoms with van der Waals surface area (Å²) >= 11 is 9.06. The lowest BCUT2D eigenvalue weighted by Crippen LogP contribution is -2.00. The van der Waals surface area contributed by atoms with Gasteiger partial charge in [-0.25, -0.2) is 4.39 Å². The standard InChI is InChI=1S/C13H13BrClFO/c14-11-6-5-10(13(16)12(11)15)8-3-1-2-4-9(17)7-8/h5-7,9,17H,1-4H2. The van der Waals surface area contributed by atoms with E-state index in [2.05, 4.69) is 15.9 Å². The van der Waals surface area contributed by atoms with Crippen molar-refractivity contribution in [1.82, 2.24) is 0 Å².